The van der Waals surface area contributed by atoms with E-state index in [1.807, 2.05) is 0 Å². The van der Waals surface area contributed by atoms with Gasteiger partial charge in [0.2, 0.25) is 0 Å². The summed E-state index contributed by atoms with van der Waals surface area (Å²) in [5.74, 6) is -2.76. The van der Waals surface area contributed by atoms with E-state index >= 15 is 0 Å². The van der Waals surface area contributed by atoms with Crippen molar-refractivity contribution < 1.29 is 45.0 Å². The predicted octanol–water partition coefficient (Wildman–Crippen LogP) is 2.57. The van der Waals surface area contributed by atoms with E-state index in [-0.39, 0.29) is 5.56 Å². The first kappa shape index (κ1) is 23.3. The highest BCUT2D eigenvalue weighted by Gasteiger charge is 2.37. The number of fused-ring (bicyclic) bond motifs is 1. The molecular formula is C20H16O10S2. The molecule has 0 spiro atoms. The summed E-state index contributed by atoms with van der Waals surface area (Å²) in [5.41, 5.74) is -2.48. The third-order valence-electron chi connectivity index (χ3n) is 4.63. The summed E-state index contributed by atoms with van der Waals surface area (Å²) in [4.78, 5) is 22.8. The van der Waals surface area contributed by atoms with Crippen LogP contribution in [0.4, 0.5) is 0 Å². The number of carbonyl (C=O) groups is 2. The van der Waals surface area contributed by atoms with Gasteiger partial charge in [0.25, 0.3) is 20.2 Å². The zero-order valence-electron chi connectivity index (χ0n) is 16.6. The Kier molecular flexibility index (Phi) is 6.07. The molecule has 3 aromatic rings. The second-order valence-corrected chi connectivity index (χ2v) is 9.21. The van der Waals surface area contributed by atoms with Gasteiger partial charge in [0.15, 0.2) is 0 Å². The van der Waals surface area contributed by atoms with Gasteiger partial charge < -0.3 is 9.47 Å². The summed E-state index contributed by atoms with van der Waals surface area (Å²) >= 11 is 0. The SMILES string of the molecule is COC(=O)c1cc(S(=O)(=O)O)c(-c2cccc3ccccc23)c(C(=O)OC)c1S(=O)(=O)O. The van der Waals surface area contributed by atoms with Gasteiger partial charge in [-0.2, -0.15) is 16.8 Å². The topological polar surface area (TPSA) is 161 Å². The number of carbonyl (C=O) groups excluding carboxylic acids is 2. The van der Waals surface area contributed by atoms with Crippen LogP contribution in [0.15, 0.2) is 58.3 Å². The van der Waals surface area contributed by atoms with Crippen LogP contribution in [-0.2, 0) is 29.7 Å². The highest BCUT2D eigenvalue weighted by molar-refractivity contribution is 7.86. The summed E-state index contributed by atoms with van der Waals surface area (Å²) in [6.07, 6.45) is 0. The highest BCUT2D eigenvalue weighted by atomic mass is 32.2. The number of benzene rings is 3. The predicted molar refractivity (Wildman–Crippen MR) is 112 cm³/mol. The number of esters is 2. The lowest BCUT2D eigenvalue weighted by molar-refractivity contribution is 0.0589. The molecule has 0 fully saturated rings. The molecule has 2 N–H and O–H groups in total. The van der Waals surface area contributed by atoms with Crippen LogP contribution in [0.1, 0.15) is 20.7 Å². The van der Waals surface area contributed by atoms with E-state index in [0.717, 1.165) is 14.2 Å². The van der Waals surface area contributed by atoms with Crippen LogP contribution in [0, 0.1) is 0 Å². The maximum Gasteiger partial charge on any atom is 0.339 e. The smallest absolute Gasteiger partial charge is 0.339 e. The molecule has 0 heterocycles. The molecule has 168 valence electrons. The van der Waals surface area contributed by atoms with Gasteiger partial charge in [0, 0.05) is 5.56 Å². The Morgan fingerprint density at radius 3 is 1.97 bits per heavy atom. The molecule has 0 saturated carbocycles. The molecule has 12 heteroatoms. The van der Waals surface area contributed by atoms with Gasteiger partial charge >= 0.3 is 11.9 Å². The minimum Gasteiger partial charge on any atom is -0.465 e. The molecule has 0 aromatic heterocycles. The van der Waals surface area contributed by atoms with Crippen molar-refractivity contribution in [1.29, 1.82) is 0 Å². The van der Waals surface area contributed by atoms with E-state index in [1.54, 1.807) is 30.3 Å². The number of hydrogen-bond donors (Lipinski definition) is 2. The fraction of sp³-hybridized carbons (Fsp3) is 0.100. The maximum absolute atomic E-state index is 12.7. The number of hydrogen-bond acceptors (Lipinski definition) is 8. The van der Waals surface area contributed by atoms with Crippen molar-refractivity contribution >= 4 is 42.9 Å². The Labute approximate surface area is 182 Å². The molecule has 0 radical (unpaired) electrons. The average molecular weight is 480 g/mol. The zero-order valence-corrected chi connectivity index (χ0v) is 18.2. The molecule has 10 nitrogen and oxygen atoms in total. The molecule has 0 amide bonds. The zero-order chi connectivity index (χ0) is 23.8. The first-order chi connectivity index (χ1) is 14.9. The molecule has 0 aliphatic rings. The summed E-state index contributed by atoms with van der Waals surface area (Å²) < 4.78 is 78.0. The minimum atomic E-state index is -5.30. The van der Waals surface area contributed by atoms with Crippen molar-refractivity contribution in [2.24, 2.45) is 0 Å². The standard InChI is InChI=1S/C20H16O10S2/c1-29-19(21)14-10-15(31(23,24)25)16(17(20(22)30-2)18(14)32(26,27)28)13-9-5-7-11-6-3-4-8-12(11)13/h3-10H,1-2H3,(H,23,24,25)(H,26,27,28). The van der Waals surface area contributed by atoms with Crippen LogP contribution in [0.25, 0.3) is 21.9 Å². The van der Waals surface area contributed by atoms with Crippen molar-refractivity contribution in [2.75, 3.05) is 14.2 Å². The Bertz CT molecular complexity index is 1470. The first-order valence-electron chi connectivity index (χ1n) is 8.72. The molecule has 0 bridgehead atoms. The lowest BCUT2D eigenvalue weighted by Gasteiger charge is -2.19. The lowest BCUT2D eigenvalue weighted by Crippen LogP contribution is -2.20. The number of methoxy groups -OCH3 is 2. The van der Waals surface area contributed by atoms with Crippen LogP contribution < -0.4 is 0 Å². The van der Waals surface area contributed by atoms with Gasteiger partial charge in [-0.15, -0.1) is 0 Å². The van der Waals surface area contributed by atoms with Crippen molar-refractivity contribution in [2.45, 2.75) is 9.79 Å². The Hall–Kier alpha value is -3.32. The monoisotopic (exact) mass is 480 g/mol. The third kappa shape index (κ3) is 4.08. The van der Waals surface area contributed by atoms with Crippen molar-refractivity contribution in [1.82, 2.24) is 0 Å². The van der Waals surface area contributed by atoms with Crippen LogP contribution >= 0.6 is 0 Å². The van der Waals surface area contributed by atoms with E-state index in [9.17, 15) is 35.5 Å². The van der Waals surface area contributed by atoms with E-state index in [4.69, 9.17) is 0 Å². The summed E-state index contributed by atoms with van der Waals surface area (Å²) in [6.45, 7) is 0. The minimum absolute atomic E-state index is 0.0254. The molecule has 0 aliphatic carbocycles. The van der Waals surface area contributed by atoms with Crippen molar-refractivity contribution in [3.05, 3.63) is 59.7 Å². The fourth-order valence-electron chi connectivity index (χ4n) is 3.38. The fourth-order valence-corrected chi connectivity index (χ4v) is 4.98. The largest absolute Gasteiger partial charge is 0.465 e. The van der Waals surface area contributed by atoms with Gasteiger partial charge in [-0.1, -0.05) is 42.5 Å². The Morgan fingerprint density at radius 1 is 0.812 bits per heavy atom. The molecule has 32 heavy (non-hydrogen) atoms. The van der Waals surface area contributed by atoms with E-state index in [0.29, 0.717) is 16.8 Å². The Balaban J connectivity index is 2.73. The average Bonchev–Trinajstić information content (AvgIpc) is 2.74. The number of ether oxygens (including phenoxy) is 2. The van der Waals surface area contributed by atoms with Gasteiger partial charge in [-0.05, 0) is 22.4 Å². The first-order valence-corrected chi connectivity index (χ1v) is 11.6. The lowest BCUT2D eigenvalue weighted by atomic mass is 9.93. The van der Waals surface area contributed by atoms with Gasteiger partial charge in [-0.25, -0.2) is 9.59 Å². The van der Waals surface area contributed by atoms with Crippen LogP contribution in [0.2, 0.25) is 0 Å². The molecule has 0 aliphatic heterocycles. The van der Waals surface area contributed by atoms with Crippen LogP contribution in [0.3, 0.4) is 0 Å². The van der Waals surface area contributed by atoms with Gasteiger partial charge in [0.1, 0.15) is 9.79 Å². The van der Waals surface area contributed by atoms with Crippen LogP contribution in [-0.4, -0.2) is 52.1 Å². The highest BCUT2D eigenvalue weighted by Crippen LogP contribution is 2.40. The summed E-state index contributed by atoms with van der Waals surface area (Å²) in [5, 5.41) is 0.977. The second-order valence-electron chi connectivity index (χ2n) is 6.46. The third-order valence-corrected chi connectivity index (χ3v) is 6.45. The Morgan fingerprint density at radius 2 is 1.41 bits per heavy atom. The second kappa shape index (κ2) is 8.31. The summed E-state index contributed by atoms with van der Waals surface area (Å²) in [6, 6.07) is 11.6. The van der Waals surface area contributed by atoms with Gasteiger partial charge in [0.05, 0.1) is 25.3 Å². The van der Waals surface area contributed by atoms with Crippen molar-refractivity contribution in [3.8, 4) is 11.1 Å². The molecule has 0 atom stereocenters. The molecule has 3 aromatic carbocycles. The maximum atomic E-state index is 12.7. The molecular weight excluding hydrogens is 464 g/mol. The quantitative estimate of drug-likeness (QED) is 0.410. The molecule has 0 saturated heterocycles. The van der Waals surface area contributed by atoms with Crippen LogP contribution in [0.5, 0.6) is 0 Å². The van der Waals surface area contributed by atoms with E-state index in [1.165, 1.54) is 12.1 Å². The van der Waals surface area contributed by atoms with Gasteiger partial charge in [-0.3, -0.25) is 9.11 Å². The summed E-state index contributed by atoms with van der Waals surface area (Å²) in [7, 11) is -8.67. The van der Waals surface area contributed by atoms with E-state index < -0.39 is 58.7 Å². The normalized spacial score (nSPS) is 11.9. The molecule has 0 unspecified atom stereocenters. The van der Waals surface area contributed by atoms with Crippen molar-refractivity contribution in [3.63, 3.8) is 0 Å². The number of rotatable bonds is 5. The van der Waals surface area contributed by atoms with E-state index in [2.05, 4.69) is 9.47 Å². The molecule has 3 rings (SSSR count).